The Morgan fingerprint density at radius 3 is 2.58 bits per heavy atom. The summed E-state index contributed by atoms with van der Waals surface area (Å²) in [5, 5.41) is 16.5. The van der Waals surface area contributed by atoms with E-state index in [0.29, 0.717) is 22.8 Å². The number of tetrazole rings is 1. The molecule has 0 aliphatic carbocycles. The number of benzene rings is 2. The molecule has 0 saturated heterocycles. The smallest absolute Gasteiger partial charge is 0.265 e. The molecule has 26 heavy (non-hydrogen) atoms. The van der Waals surface area contributed by atoms with E-state index in [0.717, 1.165) is 5.56 Å². The molecular weight excluding hydrogens is 334 g/mol. The van der Waals surface area contributed by atoms with Crippen molar-refractivity contribution >= 4 is 17.4 Å². The fraction of sp³-hybridized carbons (Fsp3) is 0.167. The predicted octanol–water partition coefficient (Wildman–Crippen LogP) is 2.48. The van der Waals surface area contributed by atoms with Gasteiger partial charge in [-0.3, -0.25) is 9.59 Å². The Morgan fingerprint density at radius 2 is 1.92 bits per heavy atom. The minimum Gasteiger partial charge on any atom is -0.481 e. The Balaban J connectivity index is 1.64. The van der Waals surface area contributed by atoms with Gasteiger partial charge in [-0.15, -0.1) is 10.2 Å². The molecule has 0 aliphatic heterocycles. The average molecular weight is 351 g/mol. The summed E-state index contributed by atoms with van der Waals surface area (Å²) in [6, 6.07) is 13.8. The summed E-state index contributed by atoms with van der Waals surface area (Å²) >= 11 is 0. The van der Waals surface area contributed by atoms with E-state index in [-0.39, 0.29) is 11.7 Å². The number of nitrogens with one attached hydrogen (secondary N) is 2. The summed E-state index contributed by atoms with van der Waals surface area (Å²) in [4.78, 5) is 23.6. The number of nitrogens with zero attached hydrogens (tertiary/aromatic N) is 3. The van der Waals surface area contributed by atoms with Gasteiger partial charge in [-0.1, -0.05) is 12.1 Å². The molecule has 8 heteroatoms. The Labute approximate surface area is 149 Å². The fourth-order valence-electron chi connectivity index (χ4n) is 2.29. The topological polar surface area (TPSA) is 110 Å². The van der Waals surface area contributed by atoms with Crippen molar-refractivity contribution in [2.24, 2.45) is 0 Å². The number of rotatable bonds is 6. The summed E-state index contributed by atoms with van der Waals surface area (Å²) in [5.41, 5.74) is 1.91. The van der Waals surface area contributed by atoms with Gasteiger partial charge in [0.25, 0.3) is 5.91 Å². The van der Waals surface area contributed by atoms with E-state index in [1.807, 2.05) is 6.07 Å². The first-order chi connectivity index (χ1) is 12.5. The van der Waals surface area contributed by atoms with Crippen LogP contribution in [-0.2, 0) is 4.79 Å². The number of aromatic nitrogens is 4. The number of aromatic amines is 1. The van der Waals surface area contributed by atoms with Crippen molar-refractivity contribution < 1.29 is 14.3 Å². The molecule has 0 aliphatic rings. The van der Waals surface area contributed by atoms with Crippen molar-refractivity contribution in [3.05, 3.63) is 54.1 Å². The highest BCUT2D eigenvalue weighted by Gasteiger charge is 2.15. The van der Waals surface area contributed by atoms with Gasteiger partial charge in [0.2, 0.25) is 5.82 Å². The third-order valence-electron chi connectivity index (χ3n) is 3.68. The van der Waals surface area contributed by atoms with Crippen LogP contribution in [0.1, 0.15) is 24.2 Å². The van der Waals surface area contributed by atoms with E-state index in [9.17, 15) is 9.59 Å². The maximum atomic E-state index is 12.3. The Bertz CT molecular complexity index is 907. The number of carbonyl (C=O) groups is 2. The maximum Gasteiger partial charge on any atom is 0.265 e. The van der Waals surface area contributed by atoms with Gasteiger partial charge in [0, 0.05) is 16.8 Å². The van der Waals surface area contributed by atoms with Crippen LogP contribution in [0.5, 0.6) is 5.75 Å². The van der Waals surface area contributed by atoms with Gasteiger partial charge in [0.05, 0.1) is 0 Å². The molecule has 0 unspecified atom stereocenters. The standard InChI is InChI=1S/C18H17N5O3/c1-11(24)13-6-8-16(9-7-13)26-12(2)18(25)19-15-5-3-4-14(10-15)17-20-22-23-21-17/h3-10,12H,1-2H3,(H,19,25)(H,20,21,22,23)/t12-/m0/s1. The number of ether oxygens (including phenoxy) is 1. The number of anilines is 1. The lowest BCUT2D eigenvalue weighted by molar-refractivity contribution is -0.122. The van der Waals surface area contributed by atoms with Crippen molar-refractivity contribution in [2.45, 2.75) is 20.0 Å². The lowest BCUT2D eigenvalue weighted by Crippen LogP contribution is -2.30. The Hall–Kier alpha value is -3.55. The van der Waals surface area contributed by atoms with Crippen LogP contribution in [0.4, 0.5) is 5.69 Å². The summed E-state index contributed by atoms with van der Waals surface area (Å²) in [6.07, 6.45) is -0.716. The number of carbonyl (C=O) groups excluding carboxylic acids is 2. The SMILES string of the molecule is CC(=O)c1ccc(O[C@@H](C)C(=O)Nc2cccc(-c3nn[nH]n3)c2)cc1. The molecule has 1 amide bonds. The van der Waals surface area contributed by atoms with E-state index in [1.165, 1.54) is 6.92 Å². The monoisotopic (exact) mass is 351 g/mol. The normalized spacial score (nSPS) is 11.6. The molecule has 2 aromatic carbocycles. The predicted molar refractivity (Wildman–Crippen MR) is 94.8 cm³/mol. The summed E-state index contributed by atoms with van der Waals surface area (Å²) in [6.45, 7) is 3.14. The van der Waals surface area contributed by atoms with E-state index < -0.39 is 6.10 Å². The van der Waals surface area contributed by atoms with Gasteiger partial charge in [-0.2, -0.15) is 5.21 Å². The van der Waals surface area contributed by atoms with Gasteiger partial charge in [-0.05, 0) is 55.5 Å². The first kappa shape index (κ1) is 17.3. The number of Topliss-reactive ketones (excluding diaryl/α,β-unsaturated/α-hetero) is 1. The molecule has 1 aromatic heterocycles. The van der Waals surface area contributed by atoms with Crippen molar-refractivity contribution in [3.63, 3.8) is 0 Å². The zero-order valence-electron chi connectivity index (χ0n) is 14.3. The molecule has 8 nitrogen and oxygen atoms in total. The second kappa shape index (κ2) is 7.56. The second-order valence-electron chi connectivity index (χ2n) is 5.65. The average Bonchev–Trinajstić information content (AvgIpc) is 3.17. The van der Waals surface area contributed by atoms with E-state index >= 15 is 0 Å². The lowest BCUT2D eigenvalue weighted by Gasteiger charge is -2.15. The van der Waals surface area contributed by atoms with E-state index in [4.69, 9.17) is 4.74 Å². The van der Waals surface area contributed by atoms with Crippen LogP contribution >= 0.6 is 0 Å². The molecule has 0 saturated carbocycles. The number of hydrogen-bond donors (Lipinski definition) is 2. The molecule has 1 heterocycles. The second-order valence-corrected chi connectivity index (χ2v) is 5.65. The summed E-state index contributed by atoms with van der Waals surface area (Å²) in [5.74, 6) is 0.629. The van der Waals surface area contributed by atoms with Crippen LogP contribution in [0.25, 0.3) is 11.4 Å². The highest BCUT2D eigenvalue weighted by atomic mass is 16.5. The molecule has 0 radical (unpaired) electrons. The molecule has 1 atom stereocenters. The van der Waals surface area contributed by atoms with Crippen LogP contribution in [0.2, 0.25) is 0 Å². The largest absolute Gasteiger partial charge is 0.481 e. The van der Waals surface area contributed by atoms with Crippen molar-refractivity contribution in [1.29, 1.82) is 0 Å². The highest BCUT2D eigenvalue weighted by molar-refractivity contribution is 5.95. The van der Waals surface area contributed by atoms with Crippen molar-refractivity contribution in [2.75, 3.05) is 5.32 Å². The Morgan fingerprint density at radius 1 is 1.15 bits per heavy atom. The zero-order valence-corrected chi connectivity index (χ0v) is 14.3. The van der Waals surface area contributed by atoms with Gasteiger partial charge < -0.3 is 10.1 Å². The minimum absolute atomic E-state index is 0.0242. The number of amides is 1. The molecular formula is C18H17N5O3. The molecule has 132 valence electrons. The highest BCUT2D eigenvalue weighted by Crippen LogP contribution is 2.19. The van der Waals surface area contributed by atoms with Gasteiger partial charge in [-0.25, -0.2) is 0 Å². The van der Waals surface area contributed by atoms with Crippen LogP contribution in [0, 0.1) is 0 Å². The number of hydrogen-bond acceptors (Lipinski definition) is 6. The van der Waals surface area contributed by atoms with Crippen LogP contribution in [0.3, 0.4) is 0 Å². The van der Waals surface area contributed by atoms with Gasteiger partial charge in [0.15, 0.2) is 11.9 Å². The van der Waals surface area contributed by atoms with Crippen molar-refractivity contribution in [1.82, 2.24) is 20.6 Å². The number of H-pyrrole nitrogens is 1. The van der Waals surface area contributed by atoms with Gasteiger partial charge >= 0.3 is 0 Å². The Kier molecular flexibility index (Phi) is 5.02. The van der Waals surface area contributed by atoms with Crippen LogP contribution in [0.15, 0.2) is 48.5 Å². The van der Waals surface area contributed by atoms with E-state index in [2.05, 4.69) is 25.9 Å². The van der Waals surface area contributed by atoms with Crippen LogP contribution < -0.4 is 10.1 Å². The summed E-state index contributed by atoms with van der Waals surface area (Å²) < 4.78 is 5.62. The molecule has 2 N–H and O–H groups in total. The fourth-order valence-corrected chi connectivity index (χ4v) is 2.29. The zero-order chi connectivity index (χ0) is 18.5. The molecule has 3 aromatic rings. The molecule has 0 bridgehead atoms. The summed E-state index contributed by atoms with van der Waals surface area (Å²) in [7, 11) is 0. The molecule has 0 fully saturated rings. The molecule has 0 spiro atoms. The maximum absolute atomic E-state index is 12.3. The minimum atomic E-state index is -0.716. The first-order valence-electron chi connectivity index (χ1n) is 7.95. The third kappa shape index (κ3) is 4.10. The van der Waals surface area contributed by atoms with E-state index in [1.54, 1.807) is 49.4 Å². The molecule has 3 rings (SSSR count). The third-order valence-corrected chi connectivity index (χ3v) is 3.68. The lowest BCUT2D eigenvalue weighted by atomic mass is 10.1. The van der Waals surface area contributed by atoms with Gasteiger partial charge in [0.1, 0.15) is 5.75 Å². The number of ketones is 1. The quantitative estimate of drug-likeness (QED) is 0.660. The van der Waals surface area contributed by atoms with Crippen molar-refractivity contribution in [3.8, 4) is 17.1 Å². The first-order valence-corrected chi connectivity index (χ1v) is 7.95. The van der Waals surface area contributed by atoms with Crippen LogP contribution in [-0.4, -0.2) is 38.4 Å².